The Hall–Kier alpha value is -2.66. The Morgan fingerprint density at radius 1 is 1.09 bits per heavy atom. The van der Waals surface area contributed by atoms with E-state index in [1.807, 2.05) is 30.3 Å². The summed E-state index contributed by atoms with van der Waals surface area (Å²) >= 11 is 0. The largest absolute Gasteiger partial charge is 0.394 e. The minimum atomic E-state index is -3.64. The Morgan fingerprint density at radius 3 is 2.47 bits per heavy atom. The number of fused-ring (bicyclic) bond motifs is 1. The van der Waals surface area contributed by atoms with Crippen molar-refractivity contribution >= 4 is 15.9 Å². The SMILES string of the molecule is CCCC#Cc1ccc([C@H]2[C@H]3CN(S(=O)(=O)Cc4ccccc4)CC(=O)N3[C@H]2CO)cc1. The van der Waals surface area contributed by atoms with Gasteiger partial charge in [-0.25, -0.2) is 8.42 Å². The van der Waals surface area contributed by atoms with E-state index in [9.17, 15) is 18.3 Å². The number of hydrogen-bond acceptors (Lipinski definition) is 4. The molecule has 6 nitrogen and oxygen atoms in total. The average molecular weight is 453 g/mol. The van der Waals surface area contributed by atoms with Crippen molar-refractivity contribution in [1.82, 2.24) is 9.21 Å². The van der Waals surface area contributed by atoms with Crippen LogP contribution in [0.25, 0.3) is 0 Å². The predicted molar refractivity (Wildman–Crippen MR) is 123 cm³/mol. The van der Waals surface area contributed by atoms with Crippen molar-refractivity contribution < 1.29 is 18.3 Å². The molecule has 2 heterocycles. The van der Waals surface area contributed by atoms with Crippen molar-refractivity contribution in [3.05, 3.63) is 71.3 Å². The summed E-state index contributed by atoms with van der Waals surface area (Å²) in [5, 5.41) is 9.94. The van der Waals surface area contributed by atoms with Crippen LogP contribution in [0, 0.1) is 11.8 Å². The number of aliphatic hydroxyl groups excluding tert-OH is 1. The molecule has 2 aromatic carbocycles. The minimum absolute atomic E-state index is 0.115. The Labute approximate surface area is 189 Å². The summed E-state index contributed by atoms with van der Waals surface area (Å²) in [4.78, 5) is 14.5. The van der Waals surface area contributed by atoms with Crippen LogP contribution in [-0.2, 0) is 20.6 Å². The van der Waals surface area contributed by atoms with Gasteiger partial charge in [-0.3, -0.25) is 4.79 Å². The van der Waals surface area contributed by atoms with Gasteiger partial charge >= 0.3 is 0 Å². The van der Waals surface area contributed by atoms with Gasteiger partial charge in [0.1, 0.15) is 0 Å². The van der Waals surface area contributed by atoms with E-state index in [1.165, 1.54) is 4.31 Å². The highest BCUT2D eigenvalue weighted by Crippen LogP contribution is 2.43. The highest BCUT2D eigenvalue weighted by atomic mass is 32.2. The van der Waals surface area contributed by atoms with Crippen LogP contribution < -0.4 is 0 Å². The summed E-state index contributed by atoms with van der Waals surface area (Å²) in [6.45, 7) is 1.99. The van der Waals surface area contributed by atoms with Gasteiger partial charge < -0.3 is 10.0 Å². The lowest BCUT2D eigenvalue weighted by atomic mass is 9.74. The summed E-state index contributed by atoms with van der Waals surface area (Å²) < 4.78 is 27.4. The lowest BCUT2D eigenvalue weighted by Gasteiger charge is -2.58. The van der Waals surface area contributed by atoms with Crippen LogP contribution in [0.5, 0.6) is 0 Å². The maximum absolute atomic E-state index is 13.0. The maximum atomic E-state index is 13.0. The first-order valence-electron chi connectivity index (χ1n) is 11.0. The zero-order valence-corrected chi connectivity index (χ0v) is 19.0. The predicted octanol–water partition coefficient (Wildman–Crippen LogP) is 2.34. The number of nitrogens with zero attached hydrogens (tertiary/aromatic N) is 2. The molecule has 32 heavy (non-hydrogen) atoms. The molecular weight excluding hydrogens is 424 g/mol. The van der Waals surface area contributed by atoms with Gasteiger partial charge in [-0.1, -0.05) is 61.2 Å². The standard InChI is InChI=1S/C25H28N2O4S/c1-2-3-5-8-19-11-13-21(14-12-19)25-22-15-26(16-24(29)27(22)23(25)17-28)32(30,31)18-20-9-6-4-7-10-20/h4,6-7,9-14,22-23,25,28H,2-3,15-18H2,1H3/t22-,23+,25+/m1/s1. The Kier molecular flexibility index (Phi) is 6.66. The van der Waals surface area contributed by atoms with Crippen LogP contribution in [0.1, 0.15) is 42.4 Å². The van der Waals surface area contributed by atoms with Crippen molar-refractivity contribution in [1.29, 1.82) is 0 Å². The molecule has 0 unspecified atom stereocenters. The highest BCUT2D eigenvalue weighted by Gasteiger charge is 2.55. The van der Waals surface area contributed by atoms with Gasteiger partial charge in [0.15, 0.2) is 0 Å². The van der Waals surface area contributed by atoms with Crippen LogP contribution in [0.3, 0.4) is 0 Å². The van der Waals surface area contributed by atoms with Crippen molar-refractivity contribution in [3.8, 4) is 11.8 Å². The third-order valence-electron chi connectivity index (χ3n) is 6.21. The summed E-state index contributed by atoms with van der Waals surface area (Å²) in [5.41, 5.74) is 2.60. The number of hydrogen-bond donors (Lipinski definition) is 1. The number of amides is 1. The topological polar surface area (TPSA) is 77.9 Å². The van der Waals surface area contributed by atoms with Crippen LogP contribution in [-0.4, -0.2) is 60.4 Å². The van der Waals surface area contributed by atoms with Gasteiger partial charge in [-0.05, 0) is 29.7 Å². The Morgan fingerprint density at radius 2 is 1.81 bits per heavy atom. The summed E-state index contributed by atoms with van der Waals surface area (Å²) in [5.74, 6) is 5.76. The van der Waals surface area contributed by atoms with Gasteiger partial charge in [0.05, 0.1) is 31.0 Å². The number of aliphatic hydroxyl groups is 1. The van der Waals surface area contributed by atoms with Gasteiger partial charge in [0.25, 0.3) is 0 Å². The molecule has 0 bridgehead atoms. The highest BCUT2D eigenvalue weighted by molar-refractivity contribution is 7.88. The smallest absolute Gasteiger partial charge is 0.238 e. The van der Waals surface area contributed by atoms with Crippen LogP contribution in [0.2, 0.25) is 0 Å². The lowest BCUT2D eigenvalue weighted by Crippen LogP contribution is -2.73. The molecular formula is C25H28N2O4S. The van der Waals surface area contributed by atoms with E-state index >= 15 is 0 Å². The van der Waals surface area contributed by atoms with E-state index in [0.717, 1.165) is 24.0 Å². The van der Waals surface area contributed by atoms with Crippen molar-refractivity contribution in [2.24, 2.45) is 0 Å². The fraction of sp³-hybridized carbons (Fsp3) is 0.400. The number of unbranched alkanes of at least 4 members (excludes halogenated alkanes) is 1. The number of rotatable bonds is 6. The minimum Gasteiger partial charge on any atom is -0.394 e. The normalized spacial score (nSPS) is 23.1. The van der Waals surface area contributed by atoms with Crippen molar-refractivity contribution in [3.63, 3.8) is 0 Å². The molecule has 168 valence electrons. The maximum Gasteiger partial charge on any atom is 0.238 e. The van der Waals surface area contributed by atoms with Gasteiger partial charge in [-0.2, -0.15) is 4.31 Å². The fourth-order valence-electron chi connectivity index (χ4n) is 4.64. The molecule has 7 heteroatoms. The quantitative estimate of drug-likeness (QED) is 0.683. The van der Waals surface area contributed by atoms with E-state index in [1.54, 1.807) is 29.2 Å². The Balaban J connectivity index is 1.53. The van der Waals surface area contributed by atoms with Crippen LogP contribution in [0.4, 0.5) is 0 Å². The second kappa shape index (κ2) is 9.45. The molecule has 2 fully saturated rings. The van der Waals surface area contributed by atoms with Crippen molar-refractivity contribution in [2.45, 2.75) is 43.5 Å². The molecule has 0 spiro atoms. The molecule has 1 amide bonds. The molecule has 0 aliphatic carbocycles. The molecule has 0 saturated carbocycles. The monoisotopic (exact) mass is 452 g/mol. The number of carbonyl (C=O) groups is 1. The summed E-state index contributed by atoms with van der Waals surface area (Å²) in [7, 11) is -3.64. The second-order valence-electron chi connectivity index (χ2n) is 8.35. The molecule has 4 rings (SSSR count). The molecule has 0 aromatic heterocycles. The van der Waals surface area contributed by atoms with Crippen LogP contribution in [0.15, 0.2) is 54.6 Å². The van der Waals surface area contributed by atoms with Gasteiger partial charge in [-0.15, -0.1) is 0 Å². The summed E-state index contributed by atoms with van der Waals surface area (Å²) in [6, 6.07) is 16.2. The number of piperazine rings is 1. The number of sulfonamides is 1. The zero-order valence-electron chi connectivity index (χ0n) is 18.1. The molecule has 3 atom stereocenters. The van der Waals surface area contributed by atoms with E-state index in [0.29, 0.717) is 5.56 Å². The van der Waals surface area contributed by atoms with E-state index in [-0.39, 0.29) is 49.4 Å². The summed E-state index contributed by atoms with van der Waals surface area (Å²) in [6.07, 6.45) is 1.87. The second-order valence-corrected chi connectivity index (χ2v) is 10.3. The molecule has 1 N–H and O–H groups in total. The van der Waals surface area contributed by atoms with E-state index in [2.05, 4.69) is 18.8 Å². The zero-order chi connectivity index (χ0) is 22.7. The molecule has 2 aliphatic rings. The van der Waals surface area contributed by atoms with E-state index < -0.39 is 10.0 Å². The number of carbonyl (C=O) groups excluding carboxylic acids is 1. The van der Waals surface area contributed by atoms with Crippen LogP contribution >= 0.6 is 0 Å². The van der Waals surface area contributed by atoms with Gasteiger partial charge in [0, 0.05) is 24.4 Å². The van der Waals surface area contributed by atoms with Gasteiger partial charge in [0.2, 0.25) is 15.9 Å². The molecule has 2 aromatic rings. The fourth-order valence-corrected chi connectivity index (χ4v) is 6.12. The third kappa shape index (κ3) is 4.44. The van der Waals surface area contributed by atoms with Crippen molar-refractivity contribution in [2.75, 3.05) is 19.7 Å². The first-order valence-corrected chi connectivity index (χ1v) is 12.6. The first-order chi connectivity index (χ1) is 15.4. The Bertz CT molecular complexity index is 1120. The number of benzene rings is 2. The average Bonchev–Trinajstić information content (AvgIpc) is 2.76. The molecule has 2 aliphatic heterocycles. The molecule has 2 saturated heterocycles. The first kappa shape index (κ1) is 22.5. The molecule has 0 radical (unpaired) electrons. The lowest BCUT2D eigenvalue weighted by molar-refractivity contribution is -0.158. The third-order valence-corrected chi connectivity index (χ3v) is 7.97. The van der Waals surface area contributed by atoms with E-state index in [4.69, 9.17) is 0 Å².